The van der Waals surface area contributed by atoms with Crippen LogP contribution in [0.3, 0.4) is 0 Å². The van der Waals surface area contributed by atoms with Crippen LogP contribution in [-0.2, 0) is 0 Å². The van der Waals surface area contributed by atoms with Crippen LogP contribution in [0.5, 0.6) is 0 Å². The smallest absolute Gasteiger partial charge is 0.00517 e. The van der Waals surface area contributed by atoms with E-state index in [9.17, 15) is 0 Å². The molecule has 0 rings (SSSR count). The summed E-state index contributed by atoms with van der Waals surface area (Å²) in [6.45, 7) is 12.7. The maximum absolute atomic E-state index is 3.20. The van der Waals surface area contributed by atoms with E-state index in [0.29, 0.717) is 0 Å². The molecule has 0 radical (unpaired) electrons. The third-order valence-corrected chi connectivity index (χ3v) is 1.54. The lowest BCUT2D eigenvalue weighted by atomic mass is 10.5. The zero-order chi connectivity index (χ0) is 10.2. The maximum atomic E-state index is 3.20. The van der Waals surface area contributed by atoms with Crippen LogP contribution in [-0.4, -0.2) is 25.1 Å². The van der Waals surface area contributed by atoms with Crippen LogP contribution in [0.25, 0.3) is 0 Å². The van der Waals surface area contributed by atoms with E-state index in [0.717, 1.165) is 13.1 Å². The van der Waals surface area contributed by atoms with Crippen LogP contribution in [0.15, 0.2) is 0 Å². The maximum Gasteiger partial charge on any atom is -0.00517 e. The molecule has 0 spiro atoms. The molecule has 0 aliphatic carbocycles. The molecule has 0 bridgehead atoms. The number of hydrogen-bond donors (Lipinski definition) is 1. The minimum absolute atomic E-state index is 1.10. The van der Waals surface area contributed by atoms with Gasteiger partial charge in [-0.15, -0.1) is 0 Å². The monoisotopic (exact) mass is 193 g/mol. The van der Waals surface area contributed by atoms with Gasteiger partial charge in [-0.2, -0.15) is 11.8 Å². The Morgan fingerprint density at radius 1 is 1.08 bits per heavy atom. The Balaban J connectivity index is -0.000000118. The van der Waals surface area contributed by atoms with Gasteiger partial charge in [-0.1, -0.05) is 34.6 Å². The van der Waals surface area contributed by atoms with Crippen molar-refractivity contribution in [3.05, 3.63) is 0 Å². The first kappa shape index (κ1) is 18.2. The first-order valence-electron chi connectivity index (χ1n) is 5.03. The van der Waals surface area contributed by atoms with Gasteiger partial charge in [-0.25, -0.2) is 0 Å². The average Bonchev–Trinajstić information content (AvgIpc) is 2.18. The Kier molecular flexibility index (Phi) is 45.7. The van der Waals surface area contributed by atoms with E-state index in [2.05, 4.69) is 32.3 Å². The third kappa shape index (κ3) is 48.1. The fourth-order valence-corrected chi connectivity index (χ4v) is 0.354. The van der Waals surface area contributed by atoms with E-state index < -0.39 is 0 Å². The Morgan fingerprint density at radius 3 is 1.58 bits per heavy atom. The summed E-state index contributed by atoms with van der Waals surface area (Å²) < 4.78 is 0. The van der Waals surface area contributed by atoms with Crippen molar-refractivity contribution in [2.75, 3.05) is 25.1 Å². The van der Waals surface area contributed by atoms with E-state index in [1.165, 1.54) is 12.2 Å². The van der Waals surface area contributed by atoms with Crippen molar-refractivity contribution in [1.82, 2.24) is 5.32 Å². The van der Waals surface area contributed by atoms with Crippen molar-refractivity contribution in [1.29, 1.82) is 0 Å². The molecule has 12 heavy (non-hydrogen) atoms. The molecule has 1 N–H and O–H groups in total. The highest BCUT2D eigenvalue weighted by atomic mass is 32.2. The van der Waals surface area contributed by atoms with Gasteiger partial charge in [0, 0.05) is 0 Å². The Hall–Kier alpha value is 0.310. The Morgan fingerprint density at radius 2 is 1.50 bits per heavy atom. The van der Waals surface area contributed by atoms with Crippen LogP contribution < -0.4 is 5.32 Å². The van der Waals surface area contributed by atoms with E-state index in [1.54, 1.807) is 0 Å². The summed E-state index contributed by atoms with van der Waals surface area (Å²) in [6.07, 6.45) is 3.34. The summed E-state index contributed by atoms with van der Waals surface area (Å²) in [5.41, 5.74) is 0. The van der Waals surface area contributed by atoms with Gasteiger partial charge >= 0.3 is 0 Å². The number of thioether (sulfide) groups is 1. The summed E-state index contributed by atoms with van der Waals surface area (Å²) in [4.78, 5) is 0. The van der Waals surface area contributed by atoms with E-state index in [-0.39, 0.29) is 0 Å². The highest BCUT2D eigenvalue weighted by Crippen LogP contribution is 1.83. The largest absolute Gasteiger partial charge is 0.317 e. The van der Waals surface area contributed by atoms with E-state index >= 15 is 0 Å². The first-order valence-corrected chi connectivity index (χ1v) is 6.42. The first-order chi connectivity index (χ1) is 5.83. The van der Waals surface area contributed by atoms with Gasteiger partial charge < -0.3 is 5.32 Å². The molecule has 0 atom stereocenters. The fourth-order valence-electron chi connectivity index (χ4n) is 0.354. The van der Waals surface area contributed by atoms with Gasteiger partial charge in [0.15, 0.2) is 0 Å². The molecule has 1 nitrogen and oxygen atoms in total. The average molecular weight is 193 g/mol. The van der Waals surface area contributed by atoms with E-state index in [1.807, 2.05) is 25.6 Å². The van der Waals surface area contributed by atoms with Crippen molar-refractivity contribution in [3.63, 3.8) is 0 Å². The predicted octanol–water partition coefficient (Wildman–Crippen LogP) is 3.40. The highest BCUT2D eigenvalue weighted by molar-refractivity contribution is 7.98. The molecule has 0 aliphatic heterocycles. The predicted molar refractivity (Wildman–Crippen MR) is 64.2 cm³/mol. The van der Waals surface area contributed by atoms with Crippen molar-refractivity contribution in [2.45, 2.75) is 41.0 Å². The van der Waals surface area contributed by atoms with Crippen LogP contribution >= 0.6 is 11.8 Å². The molecule has 0 fully saturated rings. The molecule has 0 saturated carbocycles. The van der Waals surface area contributed by atoms with Crippen molar-refractivity contribution in [2.24, 2.45) is 0 Å². The zero-order valence-electron chi connectivity index (χ0n) is 9.74. The van der Waals surface area contributed by atoms with Gasteiger partial charge in [-0.3, -0.25) is 0 Å². The van der Waals surface area contributed by atoms with Gasteiger partial charge in [0.1, 0.15) is 0 Å². The minimum Gasteiger partial charge on any atom is -0.317 e. The van der Waals surface area contributed by atoms with E-state index in [4.69, 9.17) is 0 Å². The second kappa shape index (κ2) is 30.2. The van der Waals surface area contributed by atoms with Crippen LogP contribution in [0.1, 0.15) is 41.0 Å². The van der Waals surface area contributed by atoms with Crippen LogP contribution in [0, 0.1) is 0 Å². The lowest BCUT2D eigenvalue weighted by molar-refractivity contribution is 0.703. The third-order valence-electron chi connectivity index (χ3n) is 0.965. The highest BCUT2D eigenvalue weighted by Gasteiger charge is 1.71. The van der Waals surface area contributed by atoms with Crippen LogP contribution in [0.4, 0.5) is 0 Å². The molecule has 0 aromatic heterocycles. The number of nitrogens with one attached hydrogen (secondary N) is 1. The molecule has 0 aromatic rings. The van der Waals surface area contributed by atoms with Crippen molar-refractivity contribution >= 4 is 11.8 Å². The molecule has 0 unspecified atom stereocenters. The normalized spacial score (nSPS) is 7.50. The molecule has 78 valence electrons. The molecule has 0 saturated heterocycles. The van der Waals surface area contributed by atoms with Crippen LogP contribution in [0.2, 0.25) is 0 Å². The summed E-state index contributed by atoms with van der Waals surface area (Å²) in [7, 11) is 0. The van der Waals surface area contributed by atoms with Gasteiger partial charge in [0.05, 0.1) is 0 Å². The minimum atomic E-state index is 1.10. The molecule has 0 aliphatic rings. The second-order valence-electron chi connectivity index (χ2n) is 1.93. The fraction of sp³-hybridized carbons (Fsp3) is 1.00. The lowest BCUT2D eigenvalue weighted by Gasteiger charge is -1.91. The van der Waals surface area contributed by atoms with Gasteiger partial charge in [0.2, 0.25) is 0 Å². The van der Waals surface area contributed by atoms with Gasteiger partial charge in [0.25, 0.3) is 0 Å². The molecular weight excluding hydrogens is 166 g/mol. The molecule has 2 heteroatoms. The van der Waals surface area contributed by atoms with Crippen molar-refractivity contribution < 1.29 is 0 Å². The zero-order valence-corrected chi connectivity index (χ0v) is 10.6. The number of rotatable bonds is 4. The molecular formula is C10H27NS. The number of hydrogen-bond acceptors (Lipinski definition) is 2. The Labute approximate surface area is 83.7 Å². The Bertz CT molecular complexity index is 34.8. The SMILES string of the molecule is CC.CCCNCC.CCSC. The summed E-state index contributed by atoms with van der Waals surface area (Å²) in [5.74, 6) is 1.24. The summed E-state index contributed by atoms with van der Waals surface area (Å²) >= 11 is 1.86. The molecule has 0 amide bonds. The second-order valence-corrected chi connectivity index (χ2v) is 3.09. The molecule has 0 aromatic carbocycles. The summed E-state index contributed by atoms with van der Waals surface area (Å²) in [5, 5.41) is 3.20. The molecule has 0 heterocycles. The standard InChI is InChI=1S/C5H13N.C3H8S.C2H6/c1-3-5-6-4-2;1-3-4-2;1-2/h6H,3-5H2,1-2H3;3H2,1-2H3;1-2H3. The quantitative estimate of drug-likeness (QED) is 0.687. The topological polar surface area (TPSA) is 12.0 Å². The summed E-state index contributed by atoms with van der Waals surface area (Å²) in [6, 6.07) is 0. The van der Waals surface area contributed by atoms with Gasteiger partial charge in [-0.05, 0) is 31.5 Å². The van der Waals surface area contributed by atoms with Crippen molar-refractivity contribution in [3.8, 4) is 0 Å². The lowest BCUT2D eigenvalue weighted by Crippen LogP contribution is -2.12.